The van der Waals surface area contributed by atoms with E-state index in [1.807, 2.05) is 6.07 Å². The van der Waals surface area contributed by atoms with Crippen molar-refractivity contribution in [3.63, 3.8) is 0 Å². The summed E-state index contributed by atoms with van der Waals surface area (Å²) >= 11 is 0. The molecular formula is C45H68NO4P. The van der Waals surface area contributed by atoms with Gasteiger partial charge in [0.15, 0.2) is 0 Å². The summed E-state index contributed by atoms with van der Waals surface area (Å²) in [6.07, 6.45) is 10.6. The lowest BCUT2D eigenvalue weighted by Gasteiger charge is -2.53. The number of piperidine rings is 1. The van der Waals surface area contributed by atoms with E-state index in [1.165, 1.54) is 39.0 Å². The number of hydrogen-bond acceptors (Lipinski definition) is 5. The van der Waals surface area contributed by atoms with E-state index in [-0.39, 0.29) is 44.9 Å². The van der Waals surface area contributed by atoms with Crippen LogP contribution >= 0.6 is 8.60 Å². The zero-order valence-electron chi connectivity index (χ0n) is 34.8. The van der Waals surface area contributed by atoms with Gasteiger partial charge in [0.2, 0.25) is 0 Å². The molecule has 0 spiro atoms. The average Bonchev–Trinajstić information content (AvgIpc) is 2.96. The highest BCUT2D eigenvalue weighted by Gasteiger charge is 2.49. The molecule has 51 heavy (non-hydrogen) atoms. The van der Waals surface area contributed by atoms with E-state index >= 15 is 0 Å². The monoisotopic (exact) mass is 717 g/mol. The smallest absolute Gasteiger partial charge is 0.398 e. The van der Waals surface area contributed by atoms with Gasteiger partial charge in [-0.2, -0.15) is 5.06 Å². The highest BCUT2D eigenvalue weighted by Crippen LogP contribution is 2.58. The molecule has 0 radical (unpaired) electrons. The van der Waals surface area contributed by atoms with Crippen molar-refractivity contribution in [3.05, 3.63) is 93.3 Å². The van der Waals surface area contributed by atoms with Gasteiger partial charge >= 0.3 is 8.60 Å². The van der Waals surface area contributed by atoms with E-state index < -0.39 is 8.60 Å². The van der Waals surface area contributed by atoms with Crippen LogP contribution < -0.4 is 0 Å². The average molecular weight is 718 g/mol. The highest BCUT2D eigenvalue weighted by atomic mass is 31.2. The predicted molar refractivity (Wildman–Crippen MR) is 214 cm³/mol. The first-order chi connectivity index (χ1) is 23.3. The first-order valence-corrected chi connectivity index (χ1v) is 20.3. The third-order valence-electron chi connectivity index (χ3n) is 10.8. The zero-order chi connectivity index (χ0) is 37.9. The maximum atomic E-state index is 7.29. The summed E-state index contributed by atoms with van der Waals surface area (Å²) in [6, 6.07) is 10.4. The molecule has 1 aromatic rings. The van der Waals surface area contributed by atoms with Crippen molar-refractivity contribution >= 4 is 8.60 Å². The fourth-order valence-electron chi connectivity index (χ4n) is 8.17. The van der Waals surface area contributed by atoms with E-state index in [4.69, 9.17) is 18.4 Å². The Morgan fingerprint density at radius 3 is 1.88 bits per heavy atom. The number of hydrogen-bond donors (Lipinski definition) is 0. The molecule has 1 saturated heterocycles. The second-order valence-corrected chi connectivity index (χ2v) is 21.7. The van der Waals surface area contributed by atoms with Gasteiger partial charge in [0, 0.05) is 22.1 Å². The highest BCUT2D eigenvalue weighted by molar-refractivity contribution is 7.41. The fourth-order valence-corrected chi connectivity index (χ4v) is 9.62. The summed E-state index contributed by atoms with van der Waals surface area (Å²) < 4.78 is 21.6. The maximum Gasteiger partial charge on any atom is 0.398 e. The number of nitrogens with zero attached hydrogens (tertiary/aromatic N) is 1. The molecular weight excluding hydrogens is 649 g/mol. The maximum absolute atomic E-state index is 7.29. The summed E-state index contributed by atoms with van der Waals surface area (Å²) in [5.74, 6) is 0.968. The van der Waals surface area contributed by atoms with E-state index in [1.54, 1.807) is 0 Å². The molecule has 1 aromatic carbocycles. The van der Waals surface area contributed by atoms with Crippen LogP contribution in [0.4, 0.5) is 0 Å². The van der Waals surface area contributed by atoms with Crippen LogP contribution in [0.1, 0.15) is 142 Å². The minimum absolute atomic E-state index is 0.0132. The number of hydroxylamine groups is 2. The Balaban J connectivity index is 1.59. The summed E-state index contributed by atoms with van der Waals surface area (Å²) in [5.41, 5.74) is 8.23. The largest absolute Gasteiger partial charge is 0.430 e. The van der Waals surface area contributed by atoms with Gasteiger partial charge in [-0.15, -0.1) is 0 Å². The Morgan fingerprint density at radius 2 is 1.35 bits per heavy atom. The molecule has 0 bridgehead atoms. The fraction of sp³-hybridized carbons (Fsp3) is 0.644. The molecule has 2 unspecified atom stereocenters. The van der Waals surface area contributed by atoms with Crippen LogP contribution in [0.3, 0.4) is 0 Å². The lowest BCUT2D eigenvalue weighted by atomic mass is 9.69. The number of rotatable bonds is 5. The van der Waals surface area contributed by atoms with Crippen LogP contribution in [0.15, 0.2) is 87.8 Å². The summed E-state index contributed by atoms with van der Waals surface area (Å²) in [7, 11) is -1.77. The Hall–Kier alpha value is -2.01. The van der Waals surface area contributed by atoms with Crippen molar-refractivity contribution in [1.29, 1.82) is 0 Å². The van der Waals surface area contributed by atoms with Crippen LogP contribution in [0, 0.1) is 21.7 Å². The topological polar surface area (TPSA) is 40.2 Å². The first kappa shape index (κ1) is 40.2. The third kappa shape index (κ3) is 9.04. The molecule has 5 rings (SSSR count). The van der Waals surface area contributed by atoms with Gasteiger partial charge in [-0.05, 0) is 97.5 Å². The number of allylic oxidation sites excluding steroid dienone is 7. The SMILES string of the molecule is CC(C)(C)C1=C/C2=C3\CCC(C(C)(C)C)=CC3=C(C(C)(C)C)OP(OC3CC(C)(C)N(OCc4ccccc4)C(C)(C)C3)OC2C(C(C)(C)C)=C1. The van der Waals surface area contributed by atoms with Crippen LogP contribution in [0.2, 0.25) is 0 Å². The molecule has 0 saturated carbocycles. The van der Waals surface area contributed by atoms with Gasteiger partial charge in [0.1, 0.15) is 11.9 Å². The number of fused-ring (bicyclic) bond motifs is 2. The molecule has 2 aliphatic carbocycles. The molecule has 0 aromatic heterocycles. The second kappa shape index (κ2) is 14.0. The standard InChI is InChI=1S/C45H68NO4P/c1-40(2,3)31-22-23-34-35-25-32(41(4,5)6)26-37(42(7,8)9)38(35)49-51(50-39(36(34)24-31)43(10,11)12)48-33-27-44(13,14)46(45(15,16)28-33)47-29-30-20-18-17-19-21-30/h17-21,24-26,33,38H,22-23,27-29H2,1-16H3/b35-34-,39-36?. The van der Waals surface area contributed by atoms with E-state index in [0.717, 1.165) is 31.4 Å². The molecule has 2 aliphatic heterocycles. The third-order valence-corrected chi connectivity index (χ3v) is 12.0. The Bertz CT molecular complexity index is 1590. The van der Waals surface area contributed by atoms with E-state index in [2.05, 4.69) is 158 Å². The van der Waals surface area contributed by atoms with Crippen LogP contribution in [-0.2, 0) is 25.0 Å². The number of benzene rings is 1. The van der Waals surface area contributed by atoms with Gasteiger partial charge in [-0.3, -0.25) is 13.9 Å². The predicted octanol–water partition coefficient (Wildman–Crippen LogP) is 13.1. The Kier molecular flexibility index (Phi) is 11.0. The first-order valence-electron chi connectivity index (χ1n) is 19.2. The molecule has 0 N–H and O–H groups in total. The van der Waals surface area contributed by atoms with Crippen molar-refractivity contribution in [3.8, 4) is 0 Å². The molecule has 1 fully saturated rings. The summed E-state index contributed by atoms with van der Waals surface area (Å²) in [6.45, 7) is 37.3. The van der Waals surface area contributed by atoms with E-state index in [9.17, 15) is 0 Å². The minimum Gasteiger partial charge on any atom is -0.430 e. The normalized spacial score (nSPS) is 26.6. The van der Waals surface area contributed by atoms with Gasteiger partial charge < -0.3 is 4.52 Å². The molecule has 6 heteroatoms. The summed E-state index contributed by atoms with van der Waals surface area (Å²) in [4.78, 5) is 6.58. The van der Waals surface area contributed by atoms with Crippen molar-refractivity contribution in [2.45, 2.75) is 166 Å². The molecule has 2 heterocycles. The minimum atomic E-state index is -1.77. The van der Waals surface area contributed by atoms with Gasteiger partial charge in [0.05, 0.1) is 12.7 Å². The van der Waals surface area contributed by atoms with Gasteiger partial charge in [-0.25, -0.2) is 0 Å². The van der Waals surface area contributed by atoms with Crippen molar-refractivity contribution < 1.29 is 18.4 Å². The van der Waals surface area contributed by atoms with Gasteiger partial charge in [-0.1, -0.05) is 137 Å². The van der Waals surface area contributed by atoms with Crippen LogP contribution in [0.25, 0.3) is 0 Å². The lowest BCUT2D eigenvalue weighted by Crippen LogP contribution is -2.61. The van der Waals surface area contributed by atoms with Crippen LogP contribution in [0.5, 0.6) is 0 Å². The zero-order valence-corrected chi connectivity index (χ0v) is 35.7. The second-order valence-electron chi connectivity index (χ2n) is 20.7. The van der Waals surface area contributed by atoms with Crippen molar-refractivity contribution in [2.24, 2.45) is 21.7 Å². The molecule has 4 aliphatic rings. The molecule has 282 valence electrons. The molecule has 0 amide bonds. The molecule has 2 atom stereocenters. The quantitative estimate of drug-likeness (QED) is 0.284. The van der Waals surface area contributed by atoms with Crippen molar-refractivity contribution in [1.82, 2.24) is 5.06 Å². The van der Waals surface area contributed by atoms with Crippen molar-refractivity contribution in [2.75, 3.05) is 0 Å². The van der Waals surface area contributed by atoms with Gasteiger partial charge in [0.25, 0.3) is 0 Å². The Labute approximate surface area is 312 Å². The lowest BCUT2D eigenvalue weighted by molar-refractivity contribution is -0.297. The Morgan fingerprint density at radius 1 is 0.745 bits per heavy atom. The van der Waals surface area contributed by atoms with E-state index in [0.29, 0.717) is 6.61 Å². The van der Waals surface area contributed by atoms with Crippen LogP contribution in [-0.4, -0.2) is 28.3 Å². The molecule has 5 nitrogen and oxygen atoms in total. The summed E-state index contributed by atoms with van der Waals surface area (Å²) in [5, 5.41) is 2.21.